The summed E-state index contributed by atoms with van der Waals surface area (Å²) in [5.74, 6) is 5.93. The van der Waals surface area contributed by atoms with E-state index in [1.54, 1.807) is 0 Å². The summed E-state index contributed by atoms with van der Waals surface area (Å²) in [6.07, 6.45) is 15.1. The van der Waals surface area contributed by atoms with Gasteiger partial charge >= 0.3 is 0 Å². The molecule has 0 aliphatic heterocycles. The van der Waals surface area contributed by atoms with Crippen molar-refractivity contribution in [2.45, 2.75) is 120 Å². The molecule has 30 heavy (non-hydrogen) atoms. The predicted octanol–water partition coefficient (Wildman–Crippen LogP) is 8.74. The molecular formula is C30H50. The van der Waals surface area contributed by atoms with Crippen molar-refractivity contribution in [1.82, 2.24) is 0 Å². The first kappa shape index (κ1) is 20.6. The van der Waals surface area contributed by atoms with Crippen molar-refractivity contribution < 1.29 is 0 Å². The van der Waals surface area contributed by atoms with Crippen molar-refractivity contribution in [1.29, 1.82) is 0 Å². The van der Waals surface area contributed by atoms with Crippen molar-refractivity contribution in [3.8, 4) is 0 Å². The smallest absolute Gasteiger partial charge is 0.0235 e. The van der Waals surface area contributed by atoms with Crippen molar-refractivity contribution in [2.75, 3.05) is 0 Å². The van der Waals surface area contributed by atoms with Crippen LogP contribution in [0.5, 0.6) is 0 Å². The van der Waals surface area contributed by atoms with Gasteiger partial charge in [-0.05, 0) is 119 Å². The lowest BCUT2D eigenvalue weighted by Crippen LogP contribution is -2.52. The Labute approximate surface area is 187 Å². The Kier molecular flexibility index (Phi) is 3.81. The third-order valence-corrected chi connectivity index (χ3v) is 14.5. The normalized spacial score (nSPS) is 62.4. The summed E-state index contributed by atoms with van der Waals surface area (Å²) in [7, 11) is 0. The largest absolute Gasteiger partial charge is 0.0596 e. The van der Waals surface area contributed by atoms with Crippen LogP contribution in [0.4, 0.5) is 0 Å². The van der Waals surface area contributed by atoms with Gasteiger partial charge in [0, 0.05) is 0 Å². The first-order valence-electron chi connectivity index (χ1n) is 13.8. The third kappa shape index (κ3) is 1.96. The summed E-state index contributed by atoms with van der Waals surface area (Å²) in [5.41, 5.74) is 3.49. The van der Waals surface area contributed by atoms with E-state index in [2.05, 4.69) is 55.4 Å². The van der Waals surface area contributed by atoms with Crippen molar-refractivity contribution >= 4 is 0 Å². The molecule has 0 aromatic carbocycles. The SMILES string of the molecule is CC1(C)CCCC2(C)C3CCC2(C)C(C2C4C5CCC2(C)C5(C)CCCC4(C)C)C31. The molecule has 10 atom stereocenters. The quantitative estimate of drug-likeness (QED) is 0.405. The molecule has 0 amide bonds. The highest BCUT2D eigenvalue weighted by atomic mass is 14.8. The molecule has 6 aliphatic carbocycles. The number of hydrogen-bond donors (Lipinski definition) is 0. The zero-order valence-electron chi connectivity index (χ0n) is 21.5. The third-order valence-electron chi connectivity index (χ3n) is 14.5. The molecule has 0 aromatic heterocycles. The second-order valence-corrected chi connectivity index (χ2v) is 15.7. The molecule has 0 saturated heterocycles. The zero-order valence-corrected chi connectivity index (χ0v) is 21.5. The Hall–Kier alpha value is 0. The van der Waals surface area contributed by atoms with E-state index in [-0.39, 0.29) is 0 Å². The Morgan fingerprint density at radius 3 is 1.13 bits per heavy atom. The summed E-state index contributed by atoms with van der Waals surface area (Å²) in [5, 5.41) is 0. The molecule has 0 heterocycles. The zero-order chi connectivity index (χ0) is 21.5. The maximum Gasteiger partial charge on any atom is -0.0235 e. The van der Waals surface area contributed by atoms with Gasteiger partial charge in [-0.15, -0.1) is 0 Å². The van der Waals surface area contributed by atoms with E-state index >= 15 is 0 Å². The van der Waals surface area contributed by atoms with Gasteiger partial charge in [-0.2, -0.15) is 0 Å². The van der Waals surface area contributed by atoms with E-state index < -0.39 is 0 Å². The van der Waals surface area contributed by atoms with Gasteiger partial charge in [-0.1, -0.05) is 68.2 Å². The summed E-state index contributed by atoms with van der Waals surface area (Å²) < 4.78 is 0. The first-order valence-corrected chi connectivity index (χ1v) is 13.8. The molecule has 6 saturated carbocycles. The van der Waals surface area contributed by atoms with Gasteiger partial charge in [0.2, 0.25) is 0 Å². The minimum atomic E-state index is 0.540. The molecular weight excluding hydrogens is 360 g/mol. The minimum absolute atomic E-state index is 0.540. The second-order valence-electron chi connectivity index (χ2n) is 15.7. The van der Waals surface area contributed by atoms with Crippen molar-refractivity contribution in [3.05, 3.63) is 0 Å². The van der Waals surface area contributed by atoms with Gasteiger partial charge in [0.1, 0.15) is 0 Å². The average Bonchev–Trinajstić information content (AvgIpc) is 3.11. The van der Waals surface area contributed by atoms with Gasteiger partial charge in [0.15, 0.2) is 0 Å². The lowest BCUT2D eigenvalue weighted by Gasteiger charge is -2.58. The average molecular weight is 411 g/mol. The van der Waals surface area contributed by atoms with E-state index in [9.17, 15) is 0 Å². The molecule has 6 fully saturated rings. The minimum Gasteiger partial charge on any atom is -0.0596 e. The highest BCUT2D eigenvalue weighted by Gasteiger charge is 2.79. The fourth-order valence-corrected chi connectivity index (χ4v) is 12.9. The van der Waals surface area contributed by atoms with Crippen molar-refractivity contribution in [2.24, 2.45) is 68.0 Å². The van der Waals surface area contributed by atoms with Crippen LogP contribution >= 0.6 is 0 Å². The molecule has 0 aromatic rings. The lowest BCUT2D eigenvalue weighted by atomic mass is 9.46. The first-order chi connectivity index (χ1) is 13.8. The predicted molar refractivity (Wildman–Crippen MR) is 127 cm³/mol. The van der Waals surface area contributed by atoms with Gasteiger partial charge in [-0.25, -0.2) is 0 Å². The molecule has 8 bridgehead atoms. The molecule has 0 spiro atoms. The van der Waals surface area contributed by atoms with Crippen molar-refractivity contribution in [3.63, 3.8) is 0 Å². The molecule has 6 aliphatic rings. The highest BCUT2D eigenvalue weighted by Crippen LogP contribution is 2.85. The van der Waals surface area contributed by atoms with Gasteiger partial charge in [-0.3, -0.25) is 0 Å². The monoisotopic (exact) mass is 410 g/mol. The standard InChI is InChI=1S/C30H50/c1-25(2)13-9-15-27(5)19-11-17-29(27,7)23(21(19)25)24-22-20-12-18-30(24,8)28(20,6)16-10-14-26(22,3)4/h19-24H,9-18H2,1-8H3. The van der Waals surface area contributed by atoms with E-state index in [0.29, 0.717) is 32.5 Å². The fraction of sp³-hybridized carbons (Fsp3) is 1.00. The van der Waals surface area contributed by atoms with Crippen LogP contribution in [0.25, 0.3) is 0 Å². The maximum absolute atomic E-state index is 2.82. The molecule has 0 heteroatoms. The van der Waals surface area contributed by atoms with E-state index in [4.69, 9.17) is 0 Å². The molecule has 0 radical (unpaired) electrons. The van der Waals surface area contributed by atoms with Gasteiger partial charge in [0.25, 0.3) is 0 Å². The van der Waals surface area contributed by atoms with Crippen LogP contribution in [-0.4, -0.2) is 0 Å². The highest BCUT2D eigenvalue weighted by molar-refractivity contribution is 5.27. The number of hydrogen-bond acceptors (Lipinski definition) is 0. The van der Waals surface area contributed by atoms with Crippen LogP contribution in [0.2, 0.25) is 0 Å². The van der Waals surface area contributed by atoms with E-state index in [1.807, 2.05) is 0 Å². The summed E-state index contributed by atoms with van der Waals surface area (Å²) in [4.78, 5) is 0. The van der Waals surface area contributed by atoms with Crippen LogP contribution < -0.4 is 0 Å². The van der Waals surface area contributed by atoms with Crippen LogP contribution in [0.1, 0.15) is 120 Å². The van der Waals surface area contributed by atoms with Crippen LogP contribution in [0, 0.1) is 68.0 Å². The topological polar surface area (TPSA) is 0 Å². The fourth-order valence-electron chi connectivity index (χ4n) is 12.9. The maximum atomic E-state index is 2.82. The van der Waals surface area contributed by atoms with Crippen LogP contribution in [0.15, 0.2) is 0 Å². The Bertz CT molecular complexity index is 696. The molecule has 10 unspecified atom stereocenters. The summed E-state index contributed by atoms with van der Waals surface area (Å²) in [6, 6.07) is 0. The number of rotatable bonds is 1. The van der Waals surface area contributed by atoms with Crippen LogP contribution in [0.3, 0.4) is 0 Å². The van der Waals surface area contributed by atoms with E-state index in [0.717, 1.165) is 35.5 Å². The summed E-state index contributed by atoms with van der Waals surface area (Å²) in [6.45, 7) is 22.0. The van der Waals surface area contributed by atoms with Crippen LogP contribution in [-0.2, 0) is 0 Å². The Morgan fingerprint density at radius 1 is 0.400 bits per heavy atom. The molecule has 6 rings (SSSR count). The second kappa shape index (κ2) is 5.55. The molecule has 170 valence electrons. The van der Waals surface area contributed by atoms with E-state index in [1.165, 1.54) is 64.2 Å². The Morgan fingerprint density at radius 2 is 0.767 bits per heavy atom. The van der Waals surface area contributed by atoms with Gasteiger partial charge < -0.3 is 0 Å². The molecule has 0 nitrogen and oxygen atoms in total. The summed E-state index contributed by atoms with van der Waals surface area (Å²) >= 11 is 0. The van der Waals surface area contributed by atoms with Gasteiger partial charge in [0.05, 0.1) is 0 Å². The molecule has 0 N–H and O–H groups in total. The lowest BCUT2D eigenvalue weighted by molar-refractivity contribution is -0.104. The Balaban J connectivity index is 1.56.